The number of nitrogen functional groups attached to an aromatic ring is 1. The normalized spacial score (nSPS) is 12.3. The highest BCUT2D eigenvalue weighted by atomic mass is 35.5. The van der Waals surface area contributed by atoms with Gasteiger partial charge in [-0.2, -0.15) is 8.78 Å². The largest absolute Gasteiger partial charge is 0.435 e. The zero-order valence-corrected chi connectivity index (χ0v) is 15.2. The van der Waals surface area contributed by atoms with Gasteiger partial charge in [-0.15, -0.1) is 10.2 Å². The molecule has 0 saturated carbocycles. The Morgan fingerprint density at radius 3 is 2.46 bits per heavy atom. The number of aromatic nitrogens is 3. The van der Waals surface area contributed by atoms with Crippen molar-refractivity contribution in [2.75, 3.05) is 5.84 Å². The van der Waals surface area contributed by atoms with Gasteiger partial charge < -0.3 is 10.6 Å². The minimum Gasteiger partial charge on any atom is -0.435 e. The molecule has 0 saturated heterocycles. The second kappa shape index (κ2) is 7.92. The van der Waals surface area contributed by atoms with Gasteiger partial charge in [-0.25, -0.2) is 4.68 Å². The monoisotopic (exact) mass is 396 g/mol. The van der Waals surface area contributed by atoms with Crippen molar-refractivity contribution >= 4 is 23.4 Å². The van der Waals surface area contributed by atoms with Crippen LogP contribution < -0.4 is 10.6 Å². The summed E-state index contributed by atoms with van der Waals surface area (Å²) in [4.78, 5) is 0. The Kier molecular flexibility index (Phi) is 5.63. The summed E-state index contributed by atoms with van der Waals surface area (Å²) in [5, 5.41) is 9.41. The third-order valence-electron chi connectivity index (χ3n) is 3.63. The van der Waals surface area contributed by atoms with Gasteiger partial charge in [0.05, 0.1) is 0 Å². The zero-order chi connectivity index (χ0) is 18.7. The zero-order valence-electron chi connectivity index (χ0n) is 13.6. The van der Waals surface area contributed by atoms with E-state index in [2.05, 4.69) is 14.9 Å². The molecule has 0 aliphatic rings. The summed E-state index contributed by atoms with van der Waals surface area (Å²) in [6, 6.07) is 13.6. The summed E-state index contributed by atoms with van der Waals surface area (Å²) in [5.41, 5.74) is 1.61. The van der Waals surface area contributed by atoms with Gasteiger partial charge in [-0.05, 0) is 42.8 Å². The van der Waals surface area contributed by atoms with Crippen LogP contribution in [0.5, 0.6) is 5.75 Å². The van der Waals surface area contributed by atoms with E-state index in [1.165, 1.54) is 28.6 Å². The fraction of sp³-hybridized carbons (Fsp3) is 0.176. The number of alkyl halides is 2. The number of ether oxygens (including phenoxy) is 1. The molecule has 3 rings (SSSR count). The van der Waals surface area contributed by atoms with E-state index in [1.54, 1.807) is 12.1 Å². The Bertz CT molecular complexity index is 889. The lowest BCUT2D eigenvalue weighted by Crippen LogP contribution is -2.12. The first kappa shape index (κ1) is 18.5. The van der Waals surface area contributed by atoms with Crippen molar-refractivity contribution in [1.82, 2.24) is 14.9 Å². The molecule has 0 spiro atoms. The van der Waals surface area contributed by atoms with Gasteiger partial charge in [0.25, 0.3) is 0 Å². The molecule has 2 N–H and O–H groups in total. The van der Waals surface area contributed by atoms with Gasteiger partial charge >= 0.3 is 6.61 Å². The molecule has 0 radical (unpaired) electrons. The molecule has 5 nitrogen and oxygen atoms in total. The molecule has 0 aliphatic heterocycles. The highest BCUT2D eigenvalue weighted by Crippen LogP contribution is 2.37. The van der Waals surface area contributed by atoms with Crippen LogP contribution in [-0.4, -0.2) is 21.5 Å². The number of thioether (sulfide) groups is 1. The first-order valence-electron chi connectivity index (χ1n) is 7.62. The molecule has 0 amide bonds. The van der Waals surface area contributed by atoms with Gasteiger partial charge in [0.1, 0.15) is 5.75 Å². The lowest BCUT2D eigenvalue weighted by atomic mass is 10.2. The average Bonchev–Trinajstić information content (AvgIpc) is 2.96. The molecule has 0 bridgehead atoms. The molecule has 2 aromatic carbocycles. The Labute approximate surface area is 158 Å². The summed E-state index contributed by atoms with van der Waals surface area (Å²) >= 11 is 7.64. The summed E-state index contributed by atoms with van der Waals surface area (Å²) < 4.78 is 30.1. The minimum atomic E-state index is -2.87. The standard InChI is InChI=1S/C17H15ClF2N4OS/c1-10(13-4-2-3-5-14(13)18)26-17-23-22-15(24(17)21)11-6-8-12(9-7-11)25-16(19)20/h2-10,16H,21H2,1H3. The Morgan fingerprint density at radius 1 is 1.12 bits per heavy atom. The number of benzene rings is 2. The Morgan fingerprint density at radius 2 is 1.81 bits per heavy atom. The van der Waals surface area contributed by atoms with Crippen LogP contribution in [0.25, 0.3) is 11.4 Å². The van der Waals surface area contributed by atoms with Crippen molar-refractivity contribution in [3.63, 3.8) is 0 Å². The third-order valence-corrected chi connectivity index (χ3v) is 5.07. The fourth-order valence-electron chi connectivity index (χ4n) is 2.37. The van der Waals surface area contributed by atoms with Crippen molar-refractivity contribution in [2.24, 2.45) is 0 Å². The maximum absolute atomic E-state index is 12.2. The van der Waals surface area contributed by atoms with E-state index in [0.29, 0.717) is 21.6 Å². The van der Waals surface area contributed by atoms with Crippen molar-refractivity contribution in [3.8, 4) is 17.1 Å². The molecule has 9 heteroatoms. The predicted molar refractivity (Wildman–Crippen MR) is 98.0 cm³/mol. The maximum atomic E-state index is 12.2. The summed E-state index contributed by atoms with van der Waals surface area (Å²) in [6.45, 7) is -0.871. The Balaban J connectivity index is 1.78. The molecule has 26 heavy (non-hydrogen) atoms. The van der Waals surface area contributed by atoms with Crippen LogP contribution in [0.1, 0.15) is 17.7 Å². The van der Waals surface area contributed by atoms with Gasteiger partial charge in [0.2, 0.25) is 5.16 Å². The second-order valence-electron chi connectivity index (χ2n) is 5.36. The lowest BCUT2D eigenvalue weighted by Gasteiger charge is -2.12. The van der Waals surface area contributed by atoms with E-state index < -0.39 is 6.61 Å². The number of hydrogen-bond acceptors (Lipinski definition) is 5. The van der Waals surface area contributed by atoms with E-state index in [4.69, 9.17) is 17.4 Å². The van der Waals surface area contributed by atoms with Gasteiger partial charge in [0, 0.05) is 15.8 Å². The lowest BCUT2D eigenvalue weighted by molar-refractivity contribution is -0.0498. The molecular weight excluding hydrogens is 382 g/mol. The average molecular weight is 397 g/mol. The van der Waals surface area contributed by atoms with Crippen LogP contribution >= 0.6 is 23.4 Å². The van der Waals surface area contributed by atoms with Gasteiger partial charge in [0.15, 0.2) is 5.82 Å². The van der Waals surface area contributed by atoms with Crippen LogP contribution in [0, 0.1) is 0 Å². The summed E-state index contributed by atoms with van der Waals surface area (Å²) in [7, 11) is 0. The van der Waals surface area contributed by atoms with Crippen molar-refractivity contribution in [2.45, 2.75) is 23.9 Å². The number of nitrogens with two attached hydrogens (primary N) is 1. The molecule has 136 valence electrons. The number of hydrogen-bond donors (Lipinski definition) is 1. The SMILES string of the molecule is CC(Sc1nnc(-c2ccc(OC(F)F)cc2)n1N)c1ccccc1Cl. The molecular formula is C17H15ClF2N4OS. The first-order chi connectivity index (χ1) is 12.5. The first-order valence-corrected chi connectivity index (χ1v) is 8.88. The highest BCUT2D eigenvalue weighted by molar-refractivity contribution is 7.99. The van der Waals surface area contributed by atoms with E-state index in [1.807, 2.05) is 31.2 Å². The van der Waals surface area contributed by atoms with Crippen molar-refractivity contribution < 1.29 is 13.5 Å². The van der Waals surface area contributed by atoms with Crippen LogP contribution in [0.3, 0.4) is 0 Å². The van der Waals surface area contributed by atoms with Gasteiger partial charge in [-0.3, -0.25) is 0 Å². The molecule has 0 aliphatic carbocycles. The van der Waals surface area contributed by atoms with Crippen molar-refractivity contribution in [1.29, 1.82) is 0 Å². The number of nitrogens with zero attached hydrogens (tertiary/aromatic N) is 3. The highest BCUT2D eigenvalue weighted by Gasteiger charge is 2.18. The Hall–Kier alpha value is -2.32. The van der Waals surface area contributed by atoms with Crippen LogP contribution in [-0.2, 0) is 0 Å². The quantitative estimate of drug-likeness (QED) is 0.480. The number of halogens is 3. The maximum Gasteiger partial charge on any atom is 0.387 e. The fourth-order valence-corrected chi connectivity index (χ4v) is 3.67. The molecule has 3 aromatic rings. The molecule has 1 unspecified atom stereocenters. The summed E-state index contributed by atoms with van der Waals surface area (Å²) in [6.07, 6.45) is 0. The van der Waals surface area contributed by atoms with E-state index in [-0.39, 0.29) is 11.0 Å². The topological polar surface area (TPSA) is 66.0 Å². The number of rotatable bonds is 6. The molecule has 1 heterocycles. The summed E-state index contributed by atoms with van der Waals surface area (Å²) in [5.74, 6) is 6.59. The molecule has 0 fully saturated rings. The smallest absolute Gasteiger partial charge is 0.387 e. The van der Waals surface area contributed by atoms with Crippen molar-refractivity contribution in [3.05, 3.63) is 59.1 Å². The second-order valence-corrected chi connectivity index (χ2v) is 7.08. The van der Waals surface area contributed by atoms with E-state index >= 15 is 0 Å². The van der Waals surface area contributed by atoms with Crippen LogP contribution in [0.2, 0.25) is 5.02 Å². The third kappa shape index (κ3) is 4.08. The predicted octanol–water partition coefficient (Wildman–Crippen LogP) is 4.77. The molecule has 1 aromatic heterocycles. The molecule has 1 atom stereocenters. The van der Waals surface area contributed by atoms with Crippen LogP contribution in [0.15, 0.2) is 53.7 Å². The minimum absolute atomic E-state index is 0.0184. The van der Waals surface area contributed by atoms with E-state index in [9.17, 15) is 8.78 Å². The van der Waals surface area contributed by atoms with Crippen LogP contribution in [0.4, 0.5) is 8.78 Å². The van der Waals surface area contributed by atoms with E-state index in [0.717, 1.165) is 5.56 Å². The van der Waals surface area contributed by atoms with Gasteiger partial charge in [-0.1, -0.05) is 41.6 Å².